The van der Waals surface area contributed by atoms with E-state index in [0.717, 1.165) is 68.9 Å². The Kier molecular flexibility index (Phi) is 12.2. The SMILES string of the molecule is CC(C)N(CC1CCN(c2cnc(C(=O)N[C@H]3CC[C@H](Oc4ccc(C#N)c(Cl)c4)CC3)cn2)CC1)[C@H]1C[C@H](Oc2ccc3c(c2F)C(=O)N(C2CCC(=O)NC2=O)C3=O)C1. The molecule has 5 amide bonds. The lowest BCUT2D eigenvalue weighted by molar-refractivity contribution is -0.136. The summed E-state index contributed by atoms with van der Waals surface area (Å²) >= 11 is 6.15. The molecule has 0 radical (unpaired) electrons. The maximum absolute atomic E-state index is 15.8. The van der Waals surface area contributed by atoms with Gasteiger partial charge in [-0.15, -0.1) is 0 Å². The fourth-order valence-corrected chi connectivity index (χ4v) is 9.35. The third-order valence-corrected chi connectivity index (χ3v) is 13.0. The fourth-order valence-electron chi connectivity index (χ4n) is 9.14. The van der Waals surface area contributed by atoms with Crippen molar-refractivity contribution in [1.82, 2.24) is 30.4 Å². The number of halogens is 2. The summed E-state index contributed by atoms with van der Waals surface area (Å²) < 4.78 is 27.9. The number of anilines is 1. The van der Waals surface area contributed by atoms with Crippen LogP contribution in [0, 0.1) is 23.1 Å². The highest BCUT2D eigenvalue weighted by molar-refractivity contribution is 6.31. The van der Waals surface area contributed by atoms with E-state index in [1.165, 1.54) is 18.3 Å². The van der Waals surface area contributed by atoms with Crippen molar-refractivity contribution in [2.75, 3.05) is 24.5 Å². The number of hydrogen-bond acceptors (Lipinski definition) is 12. The van der Waals surface area contributed by atoms with Gasteiger partial charge in [-0.3, -0.25) is 39.1 Å². The molecule has 5 aliphatic rings. The molecule has 3 aromatic rings. The minimum absolute atomic E-state index is 0.00328. The maximum atomic E-state index is 15.8. The maximum Gasteiger partial charge on any atom is 0.271 e. The van der Waals surface area contributed by atoms with Crippen molar-refractivity contribution in [2.24, 2.45) is 5.92 Å². The van der Waals surface area contributed by atoms with E-state index in [1.54, 1.807) is 24.4 Å². The summed E-state index contributed by atoms with van der Waals surface area (Å²) in [6, 6.07) is 9.19. The predicted molar refractivity (Wildman–Crippen MR) is 220 cm³/mol. The topological polar surface area (TPSA) is 187 Å². The molecule has 0 bridgehead atoms. The Balaban J connectivity index is 0.771. The van der Waals surface area contributed by atoms with Gasteiger partial charge in [-0.05, 0) is 89.0 Å². The Morgan fingerprint density at radius 3 is 2.39 bits per heavy atom. The lowest BCUT2D eigenvalue weighted by Crippen LogP contribution is -2.54. The number of carbonyl (C=O) groups excluding carboxylic acids is 5. The number of fused-ring (bicyclic) bond motifs is 1. The molecule has 4 fully saturated rings. The van der Waals surface area contributed by atoms with E-state index in [0.29, 0.717) is 35.1 Å². The first-order valence-electron chi connectivity index (χ1n) is 21.1. The third-order valence-electron chi connectivity index (χ3n) is 12.7. The average Bonchev–Trinajstić information content (AvgIpc) is 3.48. The quantitative estimate of drug-likeness (QED) is 0.227. The molecular formula is C44H48ClFN8O7. The Labute approximate surface area is 357 Å². The second-order valence-electron chi connectivity index (χ2n) is 16.9. The number of aromatic nitrogens is 2. The van der Waals surface area contributed by atoms with Gasteiger partial charge in [0.05, 0.1) is 40.2 Å². The zero-order valence-electron chi connectivity index (χ0n) is 34.1. The minimum Gasteiger partial charge on any atom is -0.490 e. The first-order valence-corrected chi connectivity index (χ1v) is 21.4. The van der Waals surface area contributed by atoms with Crippen molar-refractivity contribution in [3.8, 4) is 17.6 Å². The van der Waals surface area contributed by atoms with Crippen LogP contribution < -0.4 is 25.0 Å². The van der Waals surface area contributed by atoms with Crippen LogP contribution in [-0.2, 0) is 9.59 Å². The van der Waals surface area contributed by atoms with Gasteiger partial charge in [0, 0.05) is 63.1 Å². The average molecular weight is 855 g/mol. The van der Waals surface area contributed by atoms with E-state index in [4.69, 9.17) is 26.3 Å². The van der Waals surface area contributed by atoms with E-state index >= 15 is 4.39 Å². The molecule has 2 saturated heterocycles. The standard InChI is InChI=1S/C44H48ClFN8O7/c1-24(2)53(28-17-31(18-28)61-36-11-9-32-39(40(36)46)44(59)54(43(32)58)35-10-12-38(55)51-42(35)57)23-25-13-15-52(16-14-25)37-22-48-34(21-49-37)41(56)50-27-4-7-29(8-5-27)60-30-6-3-26(20-47)33(45)19-30/h3,6,9,11,19,21-22,24-25,27-29,31,35H,4-5,7-8,10,12-18,23H2,1-2H3,(H,50,56)(H,51,55,57)/t27-,28-,29-,31-,35?. The Hall–Kier alpha value is -5.66. The number of benzene rings is 2. The van der Waals surface area contributed by atoms with E-state index in [1.807, 2.05) is 6.07 Å². The molecule has 4 heterocycles. The molecule has 1 unspecified atom stereocenters. The lowest BCUT2D eigenvalue weighted by Gasteiger charge is -2.46. The summed E-state index contributed by atoms with van der Waals surface area (Å²) in [6.07, 6.45) is 9.30. The van der Waals surface area contributed by atoms with Crippen LogP contribution in [0.3, 0.4) is 0 Å². The zero-order chi connectivity index (χ0) is 42.9. The van der Waals surface area contributed by atoms with Gasteiger partial charge in [-0.1, -0.05) is 11.6 Å². The van der Waals surface area contributed by atoms with Gasteiger partial charge in [0.1, 0.15) is 35.5 Å². The summed E-state index contributed by atoms with van der Waals surface area (Å²) in [5, 5.41) is 14.7. The first-order chi connectivity index (χ1) is 29.4. The van der Waals surface area contributed by atoms with Crippen LogP contribution in [0.2, 0.25) is 5.02 Å². The Morgan fingerprint density at radius 2 is 1.74 bits per heavy atom. The van der Waals surface area contributed by atoms with Crippen molar-refractivity contribution < 1.29 is 37.8 Å². The Bertz CT molecular complexity index is 2250. The van der Waals surface area contributed by atoms with Crippen LogP contribution in [0.1, 0.15) is 115 Å². The summed E-state index contributed by atoms with van der Waals surface area (Å²) in [5.41, 5.74) is 0.152. The van der Waals surface area contributed by atoms with Gasteiger partial charge < -0.3 is 19.7 Å². The van der Waals surface area contributed by atoms with Gasteiger partial charge in [-0.2, -0.15) is 5.26 Å². The highest BCUT2D eigenvalue weighted by Crippen LogP contribution is 2.38. The monoisotopic (exact) mass is 854 g/mol. The minimum atomic E-state index is -1.18. The molecule has 8 rings (SSSR count). The molecule has 1 aromatic heterocycles. The molecule has 3 aliphatic heterocycles. The largest absolute Gasteiger partial charge is 0.490 e. The number of rotatable bonds is 12. The molecular weight excluding hydrogens is 807 g/mol. The third kappa shape index (κ3) is 8.90. The number of piperidine rings is 2. The van der Waals surface area contributed by atoms with Crippen molar-refractivity contribution >= 4 is 47.0 Å². The molecule has 15 nitrogen and oxygen atoms in total. The Morgan fingerprint density at radius 1 is 0.984 bits per heavy atom. The molecule has 1 atom stereocenters. The molecule has 2 aliphatic carbocycles. The normalized spacial score (nSPS) is 24.3. The summed E-state index contributed by atoms with van der Waals surface area (Å²) in [4.78, 5) is 77.9. The zero-order valence-corrected chi connectivity index (χ0v) is 34.8. The molecule has 17 heteroatoms. The van der Waals surface area contributed by atoms with Crippen molar-refractivity contribution in [2.45, 2.75) is 114 Å². The highest BCUT2D eigenvalue weighted by atomic mass is 35.5. The van der Waals surface area contributed by atoms with E-state index < -0.39 is 41.1 Å². The molecule has 2 aromatic carbocycles. The smallest absolute Gasteiger partial charge is 0.271 e. The van der Waals surface area contributed by atoms with Crippen molar-refractivity contribution in [1.29, 1.82) is 5.26 Å². The van der Waals surface area contributed by atoms with Gasteiger partial charge in [0.2, 0.25) is 11.8 Å². The lowest BCUT2D eigenvalue weighted by atomic mass is 9.85. The van der Waals surface area contributed by atoms with Crippen LogP contribution in [0.5, 0.6) is 11.5 Å². The summed E-state index contributed by atoms with van der Waals surface area (Å²) in [7, 11) is 0. The van der Waals surface area contributed by atoms with Crippen LogP contribution in [0.25, 0.3) is 0 Å². The fraction of sp³-hybridized carbons (Fsp3) is 0.500. The van der Waals surface area contributed by atoms with Gasteiger partial charge in [0.15, 0.2) is 11.6 Å². The van der Waals surface area contributed by atoms with Gasteiger partial charge in [0.25, 0.3) is 17.7 Å². The number of carbonyl (C=O) groups is 5. The van der Waals surface area contributed by atoms with Crippen LogP contribution in [-0.4, -0.2) is 105 Å². The summed E-state index contributed by atoms with van der Waals surface area (Å²) in [5.74, 6) is -2.34. The highest BCUT2D eigenvalue weighted by Gasteiger charge is 2.47. The number of nitriles is 1. The predicted octanol–water partition coefficient (Wildman–Crippen LogP) is 5.20. The molecule has 0 spiro atoms. The first kappa shape index (κ1) is 42.0. The van der Waals surface area contributed by atoms with Gasteiger partial charge >= 0.3 is 0 Å². The van der Waals surface area contributed by atoms with Crippen molar-refractivity contribution in [3.63, 3.8) is 0 Å². The van der Waals surface area contributed by atoms with E-state index in [-0.39, 0.29) is 66.1 Å². The summed E-state index contributed by atoms with van der Waals surface area (Å²) in [6.45, 7) is 6.87. The second-order valence-corrected chi connectivity index (χ2v) is 17.3. The number of nitrogens with zero attached hydrogens (tertiary/aromatic N) is 6. The van der Waals surface area contributed by atoms with Gasteiger partial charge in [-0.25, -0.2) is 14.4 Å². The van der Waals surface area contributed by atoms with Crippen LogP contribution >= 0.6 is 11.6 Å². The number of hydrogen-bond donors (Lipinski definition) is 2. The number of amides is 5. The van der Waals surface area contributed by atoms with E-state index in [9.17, 15) is 24.0 Å². The number of imide groups is 2. The van der Waals surface area contributed by atoms with Crippen LogP contribution in [0.4, 0.5) is 10.2 Å². The van der Waals surface area contributed by atoms with E-state index in [2.05, 4.69) is 44.2 Å². The molecule has 2 saturated carbocycles. The molecule has 61 heavy (non-hydrogen) atoms. The number of ether oxygens (including phenoxy) is 2. The molecule has 2 N–H and O–H groups in total. The van der Waals surface area contributed by atoms with Crippen LogP contribution in [0.15, 0.2) is 42.7 Å². The molecule has 320 valence electrons. The van der Waals surface area contributed by atoms with Crippen molar-refractivity contribution in [3.05, 3.63) is 75.9 Å². The second kappa shape index (κ2) is 17.7. The number of nitrogens with one attached hydrogen (secondary N) is 2.